The monoisotopic (exact) mass is 382 g/mol. The number of halogens is 1. The molecule has 1 heterocycles. The summed E-state index contributed by atoms with van der Waals surface area (Å²) in [6.07, 6.45) is 1.56. The van der Waals surface area contributed by atoms with Crippen LogP contribution in [0.3, 0.4) is 0 Å². The predicted molar refractivity (Wildman–Crippen MR) is 102 cm³/mol. The first-order chi connectivity index (χ1) is 11.6. The maximum absolute atomic E-state index is 12.1. The number of hydrogen-bond donors (Lipinski definition) is 3. The Labute approximate surface area is 157 Å². The summed E-state index contributed by atoms with van der Waals surface area (Å²) in [5, 5.41) is 8.25. The average Bonchev–Trinajstić information content (AvgIpc) is 3.07. The Morgan fingerprint density at radius 3 is 2.76 bits per heavy atom. The molecule has 136 valence electrons. The summed E-state index contributed by atoms with van der Waals surface area (Å²) in [5.41, 5.74) is 7.34. The maximum atomic E-state index is 12.1. The predicted octanol–water partition coefficient (Wildman–Crippen LogP) is 2.14. The van der Waals surface area contributed by atoms with Crippen LogP contribution in [0.25, 0.3) is 0 Å². The molecule has 1 aromatic heterocycles. The van der Waals surface area contributed by atoms with E-state index in [4.69, 9.17) is 5.73 Å². The molecule has 0 aliphatic rings. The number of nitrogens with one attached hydrogen (secondary N) is 2. The standard InChI is InChI=1S/C17H22N4O2S.ClH/c1-2-8-19-16(22)13-5-3-4-12(9-13)10-20-17(23)14-11-24-15(21-14)6-7-18;/h3-5,9,11H,2,6-8,10,18H2,1H3,(H,19,22)(H,20,23);1H. The smallest absolute Gasteiger partial charge is 0.271 e. The van der Waals surface area contributed by atoms with Crippen molar-refractivity contribution in [2.75, 3.05) is 13.1 Å². The van der Waals surface area contributed by atoms with Gasteiger partial charge in [0.15, 0.2) is 0 Å². The Morgan fingerprint density at radius 1 is 1.24 bits per heavy atom. The molecule has 0 aliphatic heterocycles. The van der Waals surface area contributed by atoms with Crippen LogP contribution in [-0.4, -0.2) is 29.9 Å². The van der Waals surface area contributed by atoms with Gasteiger partial charge in [0.2, 0.25) is 0 Å². The van der Waals surface area contributed by atoms with Crippen molar-refractivity contribution in [2.24, 2.45) is 5.73 Å². The van der Waals surface area contributed by atoms with Gasteiger partial charge in [0.1, 0.15) is 5.69 Å². The number of rotatable bonds is 8. The Morgan fingerprint density at radius 2 is 2.04 bits per heavy atom. The van der Waals surface area contributed by atoms with Crippen molar-refractivity contribution >= 4 is 35.6 Å². The Kier molecular flexibility index (Phi) is 9.12. The van der Waals surface area contributed by atoms with Crippen molar-refractivity contribution in [3.63, 3.8) is 0 Å². The molecular formula is C17H23ClN4O2S. The van der Waals surface area contributed by atoms with Gasteiger partial charge in [0, 0.05) is 30.5 Å². The quantitative estimate of drug-likeness (QED) is 0.651. The van der Waals surface area contributed by atoms with E-state index in [0.717, 1.165) is 17.0 Å². The second-order valence-corrected chi connectivity index (χ2v) is 6.25. The highest BCUT2D eigenvalue weighted by molar-refractivity contribution is 7.09. The first-order valence-corrected chi connectivity index (χ1v) is 8.81. The third-order valence-electron chi connectivity index (χ3n) is 3.32. The van der Waals surface area contributed by atoms with Gasteiger partial charge in [-0.1, -0.05) is 19.1 Å². The third kappa shape index (κ3) is 6.45. The van der Waals surface area contributed by atoms with Gasteiger partial charge < -0.3 is 16.4 Å². The van der Waals surface area contributed by atoms with Crippen LogP contribution < -0.4 is 16.4 Å². The van der Waals surface area contributed by atoms with E-state index >= 15 is 0 Å². The second kappa shape index (κ2) is 10.8. The largest absolute Gasteiger partial charge is 0.352 e. The number of carbonyl (C=O) groups excluding carboxylic acids is 2. The summed E-state index contributed by atoms with van der Waals surface area (Å²) in [5.74, 6) is -0.327. The number of nitrogens with zero attached hydrogens (tertiary/aromatic N) is 1. The first-order valence-electron chi connectivity index (χ1n) is 7.93. The van der Waals surface area contributed by atoms with Crippen LogP contribution in [0.5, 0.6) is 0 Å². The molecule has 0 fully saturated rings. The first kappa shape index (κ1) is 21.1. The molecule has 0 spiro atoms. The highest BCUT2D eigenvalue weighted by Crippen LogP contribution is 2.10. The molecule has 0 radical (unpaired) electrons. The Bertz CT molecular complexity index is 705. The normalized spacial score (nSPS) is 10.0. The molecule has 1 aromatic carbocycles. The van der Waals surface area contributed by atoms with E-state index in [1.54, 1.807) is 17.5 Å². The molecule has 0 unspecified atom stereocenters. The molecule has 8 heteroatoms. The molecule has 0 saturated carbocycles. The molecule has 2 amide bonds. The zero-order chi connectivity index (χ0) is 17.4. The van der Waals surface area contributed by atoms with E-state index < -0.39 is 0 Å². The third-order valence-corrected chi connectivity index (χ3v) is 4.23. The van der Waals surface area contributed by atoms with E-state index in [0.29, 0.717) is 37.3 Å². The van der Waals surface area contributed by atoms with E-state index in [1.165, 1.54) is 11.3 Å². The van der Waals surface area contributed by atoms with Crippen LogP contribution in [0, 0.1) is 0 Å². The number of amides is 2. The summed E-state index contributed by atoms with van der Waals surface area (Å²) >= 11 is 1.43. The highest BCUT2D eigenvalue weighted by Gasteiger charge is 2.11. The van der Waals surface area contributed by atoms with Gasteiger partial charge >= 0.3 is 0 Å². The van der Waals surface area contributed by atoms with Gasteiger partial charge in [-0.3, -0.25) is 9.59 Å². The van der Waals surface area contributed by atoms with Gasteiger partial charge in [-0.15, -0.1) is 23.7 Å². The van der Waals surface area contributed by atoms with Gasteiger partial charge in [0.25, 0.3) is 11.8 Å². The highest BCUT2D eigenvalue weighted by atomic mass is 35.5. The van der Waals surface area contributed by atoms with Crippen molar-refractivity contribution in [1.82, 2.24) is 15.6 Å². The molecule has 25 heavy (non-hydrogen) atoms. The minimum atomic E-state index is -0.227. The fraction of sp³-hybridized carbons (Fsp3) is 0.353. The molecule has 6 nitrogen and oxygen atoms in total. The van der Waals surface area contributed by atoms with Crippen molar-refractivity contribution in [3.8, 4) is 0 Å². The van der Waals surface area contributed by atoms with Crippen LogP contribution in [0.15, 0.2) is 29.6 Å². The minimum Gasteiger partial charge on any atom is -0.352 e. The number of nitrogens with two attached hydrogens (primary N) is 1. The SMILES string of the molecule is CCCNC(=O)c1cccc(CNC(=O)c2csc(CCN)n2)c1.Cl. The van der Waals surface area contributed by atoms with Crippen molar-refractivity contribution in [2.45, 2.75) is 26.3 Å². The van der Waals surface area contributed by atoms with Gasteiger partial charge in [-0.25, -0.2) is 4.98 Å². The summed E-state index contributed by atoms with van der Waals surface area (Å²) in [6.45, 7) is 3.51. The van der Waals surface area contributed by atoms with E-state index in [9.17, 15) is 9.59 Å². The zero-order valence-electron chi connectivity index (χ0n) is 14.1. The lowest BCUT2D eigenvalue weighted by Crippen LogP contribution is -2.25. The Balaban J connectivity index is 0.00000312. The molecule has 2 aromatic rings. The van der Waals surface area contributed by atoms with Gasteiger partial charge in [-0.05, 0) is 30.7 Å². The molecule has 0 atom stereocenters. The van der Waals surface area contributed by atoms with Crippen LogP contribution in [0.2, 0.25) is 0 Å². The molecule has 0 aliphatic carbocycles. The number of benzene rings is 1. The van der Waals surface area contributed by atoms with Crippen LogP contribution in [-0.2, 0) is 13.0 Å². The van der Waals surface area contributed by atoms with Crippen LogP contribution in [0.4, 0.5) is 0 Å². The zero-order valence-corrected chi connectivity index (χ0v) is 15.7. The number of thiazole rings is 1. The average molecular weight is 383 g/mol. The topological polar surface area (TPSA) is 97.1 Å². The van der Waals surface area contributed by atoms with Crippen molar-refractivity contribution in [1.29, 1.82) is 0 Å². The summed E-state index contributed by atoms with van der Waals surface area (Å²) in [4.78, 5) is 28.3. The molecular weight excluding hydrogens is 360 g/mol. The van der Waals surface area contributed by atoms with E-state index in [1.807, 2.05) is 19.1 Å². The minimum absolute atomic E-state index is 0. The molecule has 2 rings (SSSR count). The fourth-order valence-corrected chi connectivity index (χ4v) is 2.88. The number of carbonyl (C=O) groups is 2. The lowest BCUT2D eigenvalue weighted by Gasteiger charge is -2.07. The molecule has 0 saturated heterocycles. The van der Waals surface area contributed by atoms with E-state index in [2.05, 4.69) is 15.6 Å². The summed E-state index contributed by atoms with van der Waals surface area (Å²) in [6, 6.07) is 7.23. The second-order valence-electron chi connectivity index (χ2n) is 5.30. The lowest BCUT2D eigenvalue weighted by molar-refractivity contribution is 0.0943. The summed E-state index contributed by atoms with van der Waals surface area (Å²) < 4.78 is 0. The van der Waals surface area contributed by atoms with Gasteiger partial charge in [-0.2, -0.15) is 0 Å². The molecule has 0 bridgehead atoms. The van der Waals surface area contributed by atoms with Crippen LogP contribution >= 0.6 is 23.7 Å². The molecule has 4 N–H and O–H groups in total. The summed E-state index contributed by atoms with van der Waals surface area (Å²) in [7, 11) is 0. The van der Waals surface area contributed by atoms with Crippen LogP contribution in [0.1, 0.15) is 44.8 Å². The van der Waals surface area contributed by atoms with E-state index in [-0.39, 0.29) is 24.2 Å². The fourth-order valence-electron chi connectivity index (χ4n) is 2.09. The number of hydrogen-bond acceptors (Lipinski definition) is 5. The maximum Gasteiger partial charge on any atom is 0.271 e. The van der Waals surface area contributed by atoms with Crippen molar-refractivity contribution in [3.05, 3.63) is 51.5 Å². The van der Waals surface area contributed by atoms with Crippen molar-refractivity contribution < 1.29 is 9.59 Å². The lowest BCUT2D eigenvalue weighted by atomic mass is 10.1. The Hall–Kier alpha value is -1.96. The number of aromatic nitrogens is 1. The van der Waals surface area contributed by atoms with Gasteiger partial charge in [0.05, 0.1) is 5.01 Å².